The van der Waals surface area contributed by atoms with Crippen LogP contribution in [0.2, 0.25) is 5.02 Å². The third-order valence-corrected chi connectivity index (χ3v) is 3.95. The Kier molecular flexibility index (Phi) is 4.31. The fourth-order valence-electron chi connectivity index (χ4n) is 2.47. The highest BCUT2D eigenvalue weighted by molar-refractivity contribution is 6.37. The summed E-state index contributed by atoms with van der Waals surface area (Å²) >= 11 is 5.97. The number of halogens is 2. The smallest absolute Gasteiger partial charge is 0.263 e. The molecule has 0 aliphatic carbocycles. The molecule has 0 saturated heterocycles. The molecule has 3 rings (SSSR count). The molecular formula is C17H12ClFN2O3. The van der Waals surface area contributed by atoms with Crippen LogP contribution in [0.4, 0.5) is 10.1 Å². The van der Waals surface area contributed by atoms with E-state index in [0.717, 1.165) is 4.90 Å². The second-order valence-electron chi connectivity index (χ2n) is 5.23. The molecule has 0 unspecified atom stereocenters. The molecule has 1 aliphatic rings. The van der Waals surface area contributed by atoms with E-state index < -0.39 is 17.6 Å². The molecule has 0 aromatic heterocycles. The second-order valence-corrected chi connectivity index (χ2v) is 5.64. The van der Waals surface area contributed by atoms with Crippen molar-refractivity contribution in [2.45, 2.75) is 6.42 Å². The number of carbonyl (C=O) groups is 3. The van der Waals surface area contributed by atoms with Crippen LogP contribution in [-0.4, -0.2) is 29.2 Å². The van der Waals surface area contributed by atoms with Gasteiger partial charge in [0.15, 0.2) is 0 Å². The molecule has 2 aromatic carbocycles. The van der Waals surface area contributed by atoms with Gasteiger partial charge in [-0.15, -0.1) is 0 Å². The summed E-state index contributed by atoms with van der Waals surface area (Å²) in [5.74, 6) is -1.76. The number of hydrogen-bond donors (Lipinski definition) is 1. The SMILES string of the molecule is O=C(CCN1C(=O)c2cccc(Cl)c2C1=O)Nc1ccc(F)cc1. The fourth-order valence-corrected chi connectivity index (χ4v) is 2.72. The first-order valence-corrected chi connectivity index (χ1v) is 7.55. The van der Waals surface area contributed by atoms with Gasteiger partial charge in [-0.1, -0.05) is 17.7 Å². The van der Waals surface area contributed by atoms with Gasteiger partial charge < -0.3 is 5.32 Å². The van der Waals surface area contributed by atoms with Gasteiger partial charge in [0.25, 0.3) is 11.8 Å². The number of hydrogen-bond acceptors (Lipinski definition) is 3. The number of fused-ring (bicyclic) bond motifs is 1. The van der Waals surface area contributed by atoms with Crippen LogP contribution >= 0.6 is 11.6 Å². The Bertz CT molecular complexity index is 836. The number of amides is 3. The maximum Gasteiger partial charge on any atom is 0.263 e. The van der Waals surface area contributed by atoms with Gasteiger partial charge in [-0.25, -0.2) is 4.39 Å². The minimum atomic E-state index is -0.504. The van der Waals surface area contributed by atoms with Crippen LogP contribution in [0.15, 0.2) is 42.5 Å². The molecule has 7 heteroatoms. The van der Waals surface area contributed by atoms with Crippen LogP contribution in [0, 0.1) is 5.82 Å². The summed E-state index contributed by atoms with van der Waals surface area (Å²) in [5.41, 5.74) is 0.848. The highest BCUT2D eigenvalue weighted by atomic mass is 35.5. The molecule has 0 fully saturated rings. The highest BCUT2D eigenvalue weighted by Gasteiger charge is 2.36. The molecule has 0 bridgehead atoms. The van der Waals surface area contributed by atoms with Crippen LogP contribution in [0.1, 0.15) is 27.1 Å². The van der Waals surface area contributed by atoms with E-state index in [0.29, 0.717) is 5.69 Å². The van der Waals surface area contributed by atoms with Gasteiger partial charge >= 0.3 is 0 Å². The number of rotatable bonds is 4. The number of imide groups is 1. The van der Waals surface area contributed by atoms with Crippen molar-refractivity contribution in [1.29, 1.82) is 0 Å². The minimum Gasteiger partial charge on any atom is -0.326 e. The normalized spacial score (nSPS) is 13.2. The summed E-state index contributed by atoms with van der Waals surface area (Å²) in [6, 6.07) is 9.96. The minimum absolute atomic E-state index is 0.0598. The fraction of sp³-hybridized carbons (Fsp3) is 0.118. The Morgan fingerprint density at radius 2 is 1.79 bits per heavy atom. The molecule has 3 amide bonds. The molecule has 2 aromatic rings. The van der Waals surface area contributed by atoms with Gasteiger partial charge in [-0.2, -0.15) is 0 Å². The number of anilines is 1. The summed E-state index contributed by atoms with van der Waals surface area (Å²) in [6.07, 6.45) is -0.0690. The van der Waals surface area contributed by atoms with Crippen LogP contribution in [0.3, 0.4) is 0 Å². The molecule has 0 saturated carbocycles. The van der Waals surface area contributed by atoms with E-state index in [4.69, 9.17) is 11.6 Å². The average molecular weight is 347 g/mol. The van der Waals surface area contributed by atoms with Gasteiger partial charge in [0, 0.05) is 18.7 Å². The van der Waals surface area contributed by atoms with Gasteiger partial charge in [-0.3, -0.25) is 19.3 Å². The number of nitrogens with one attached hydrogen (secondary N) is 1. The van der Waals surface area contributed by atoms with E-state index in [2.05, 4.69) is 5.32 Å². The summed E-state index contributed by atoms with van der Waals surface area (Å²) in [6.45, 7) is -0.0598. The molecule has 24 heavy (non-hydrogen) atoms. The van der Waals surface area contributed by atoms with Crippen molar-refractivity contribution in [3.05, 3.63) is 64.4 Å². The first-order valence-electron chi connectivity index (χ1n) is 7.17. The predicted octanol–water partition coefficient (Wildman–Crippen LogP) is 3.10. The Labute approximate surface area is 142 Å². The van der Waals surface area contributed by atoms with E-state index in [1.807, 2.05) is 0 Å². The second kappa shape index (κ2) is 6.41. The van der Waals surface area contributed by atoms with E-state index in [1.165, 1.54) is 36.4 Å². The first-order chi connectivity index (χ1) is 11.5. The molecule has 1 N–H and O–H groups in total. The van der Waals surface area contributed by atoms with Gasteiger partial charge in [0.05, 0.1) is 16.1 Å². The molecule has 0 atom stereocenters. The standard InChI is InChI=1S/C17H12ClFN2O3/c18-13-3-1-2-12-15(13)17(24)21(16(12)23)9-8-14(22)20-11-6-4-10(19)5-7-11/h1-7H,8-9H2,(H,20,22). The largest absolute Gasteiger partial charge is 0.326 e. The van der Waals surface area contributed by atoms with Gasteiger partial charge in [0.2, 0.25) is 5.91 Å². The van der Waals surface area contributed by atoms with Crippen molar-refractivity contribution in [3.63, 3.8) is 0 Å². The third-order valence-electron chi connectivity index (χ3n) is 3.64. The lowest BCUT2D eigenvalue weighted by Crippen LogP contribution is -2.32. The molecular weight excluding hydrogens is 335 g/mol. The number of carbonyl (C=O) groups excluding carboxylic acids is 3. The predicted molar refractivity (Wildman–Crippen MR) is 86.5 cm³/mol. The Hall–Kier alpha value is -2.73. The Balaban J connectivity index is 1.64. The highest BCUT2D eigenvalue weighted by Crippen LogP contribution is 2.29. The van der Waals surface area contributed by atoms with Crippen LogP contribution in [0.25, 0.3) is 0 Å². The van der Waals surface area contributed by atoms with Crippen molar-refractivity contribution in [1.82, 2.24) is 4.90 Å². The zero-order valence-electron chi connectivity index (χ0n) is 12.4. The topological polar surface area (TPSA) is 66.5 Å². The monoisotopic (exact) mass is 346 g/mol. The van der Waals surface area contributed by atoms with Gasteiger partial charge in [0.1, 0.15) is 5.82 Å². The Morgan fingerprint density at radius 3 is 2.46 bits per heavy atom. The lowest BCUT2D eigenvalue weighted by Gasteiger charge is -2.13. The molecule has 1 aliphatic heterocycles. The van der Waals surface area contributed by atoms with Crippen molar-refractivity contribution in [2.24, 2.45) is 0 Å². The lowest BCUT2D eigenvalue weighted by molar-refractivity contribution is -0.116. The molecule has 0 spiro atoms. The summed E-state index contributed by atoms with van der Waals surface area (Å²) in [7, 11) is 0. The zero-order valence-corrected chi connectivity index (χ0v) is 13.1. The maximum absolute atomic E-state index is 12.8. The summed E-state index contributed by atoms with van der Waals surface area (Å²) in [5, 5.41) is 2.79. The van der Waals surface area contributed by atoms with Crippen LogP contribution in [-0.2, 0) is 4.79 Å². The van der Waals surface area contributed by atoms with E-state index in [-0.39, 0.29) is 35.0 Å². The van der Waals surface area contributed by atoms with E-state index in [9.17, 15) is 18.8 Å². The Morgan fingerprint density at radius 1 is 1.08 bits per heavy atom. The lowest BCUT2D eigenvalue weighted by atomic mass is 10.1. The number of nitrogens with zero attached hydrogens (tertiary/aromatic N) is 1. The van der Waals surface area contributed by atoms with Crippen molar-refractivity contribution >= 4 is 35.0 Å². The van der Waals surface area contributed by atoms with E-state index >= 15 is 0 Å². The van der Waals surface area contributed by atoms with E-state index in [1.54, 1.807) is 6.07 Å². The van der Waals surface area contributed by atoms with Crippen molar-refractivity contribution in [2.75, 3.05) is 11.9 Å². The number of benzene rings is 2. The first kappa shape index (κ1) is 16.1. The van der Waals surface area contributed by atoms with Crippen molar-refractivity contribution in [3.8, 4) is 0 Å². The third kappa shape index (κ3) is 3.00. The van der Waals surface area contributed by atoms with Gasteiger partial charge in [-0.05, 0) is 36.4 Å². The van der Waals surface area contributed by atoms with Crippen LogP contribution < -0.4 is 5.32 Å². The van der Waals surface area contributed by atoms with Crippen LogP contribution in [0.5, 0.6) is 0 Å². The molecule has 5 nitrogen and oxygen atoms in total. The summed E-state index contributed by atoms with van der Waals surface area (Å²) < 4.78 is 12.8. The zero-order chi connectivity index (χ0) is 17.3. The maximum atomic E-state index is 12.8. The average Bonchev–Trinajstić information content (AvgIpc) is 2.80. The molecule has 122 valence electrons. The summed E-state index contributed by atoms with van der Waals surface area (Å²) in [4.78, 5) is 37.5. The molecule has 0 radical (unpaired) electrons. The quantitative estimate of drug-likeness (QED) is 0.865. The molecule has 1 heterocycles. The van der Waals surface area contributed by atoms with Crippen molar-refractivity contribution < 1.29 is 18.8 Å².